The number of esters is 1. The molecule has 0 heterocycles. The van der Waals surface area contributed by atoms with Crippen LogP contribution < -0.4 is 0 Å². The highest BCUT2D eigenvalue weighted by atomic mass is 16.5. The minimum Gasteiger partial charge on any atom is -0.466 e. The molecule has 0 aliphatic heterocycles. The van der Waals surface area contributed by atoms with Gasteiger partial charge in [-0.05, 0) is 25.3 Å². The molecule has 0 fully saturated rings. The number of hydrogen-bond acceptors (Lipinski definition) is 2. The lowest BCUT2D eigenvalue weighted by atomic mass is 9.97. The van der Waals surface area contributed by atoms with Crippen molar-refractivity contribution in [3.8, 4) is 0 Å². The highest BCUT2D eigenvalue weighted by Crippen LogP contribution is 2.22. The van der Waals surface area contributed by atoms with Gasteiger partial charge in [0.05, 0.1) is 12.5 Å². The lowest BCUT2D eigenvalue weighted by Gasteiger charge is -2.13. The number of rotatable bonds is 4. The Hall–Kier alpha value is -1.05. The number of carbonyl (C=O) groups is 1. The van der Waals surface area contributed by atoms with Crippen LogP contribution in [0.25, 0.3) is 0 Å². The van der Waals surface area contributed by atoms with Crippen LogP contribution in [-0.4, -0.2) is 12.6 Å². The molecule has 0 aromatic carbocycles. The van der Waals surface area contributed by atoms with E-state index in [1.165, 1.54) is 0 Å². The van der Waals surface area contributed by atoms with Gasteiger partial charge < -0.3 is 4.74 Å². The summed E-state index contributed by atoms with van der Waals surface area (Å²) in [5, 5.41) is 0. The molecule has 1 unspecified atom stereocenters. The highest BCUT2D eigenvalue weighted by molar-refractivity contribution is 5.76. The van der Waals surface area contributed by atoms with Gasteiger partial charge in [-0.25, -0.2) is 0 Å². The molecular weight excluding hydrogens is 164 g/mol. The second-order valence-corrected chi connectivity index (χ2v) is 3.06. The molecule has 72 valence electrons. The van der Waals surface area contributed by atoms with Crippen LogP contribution in [0.3, 0.4) is 0 Å². The maximum atomic E-state index is 11.5. The third kappa shape index (κ3) is 2.44. The molecule has 0 radical (unpaired) electrons. The molecule has 0 saturated heterocycles. The van der Waals surface area contributed by atoms with E-state index in [0.29, 0.717) is 6.61 Å². The molecule has 0 aromatic rings. The van der Waals surface area contributed by atoms with Gasteiger partial charge in [-0.1, -0.05) is 25.2 Å². The first-order chi connectivity index (χ1) is 6.29. The summed E-state index contributed by atoms with van der Waals surface area (Å²) in [5.41, 5.74) is 1.11. The van der Waals surface area contributed by atoms with E-state index < -0.39 is 0 Å². The van der Waals surface area contributed by atoms with E-state index in [4.69, 9.17) is 4.74 Å². The van der Waals surface area contributed by atoms with Crippen LogP contribution in [0, 0.1) is 5.92 Å². The molecule has 1 aliphatic carbocycles. The van der Waals surface area contributed by atoms with E-state index in [9.17, 15) is 4.79 Å². The van der Waals surface area contributed by atoms with Crippen LogP contribution in [0.1, 0.15) is 26.7 Å². The van der Waals surface area contributed by atoms with E-state index in [1.54, 1.807) is 0 Å². The molecule has 0 bridgehead atoms. The molecule has 1 atom stereocenters. The van der Waals surface area contributed by atoms with Crippen molar-refractivity contribution in [2.24, 2.45) is 5.92 Å². The maximum absolute atomic E-state index is 11.5. The second kappa shape index (κ2) is 4.85. The summed E-state index contributed by atoms with van der Waals surface area (Å²) in [5.74, 6) is -0.151. The lowest BCUT2D eigenvalue weighted by molar-refractivity contribution is -0.146. The summed E-state index contributed by atoms with van der Waals surface area (Å²) < 4.78 is 4.99. The van der Waals surface area contributed by atoms with Crippen molar-refractivity contribution in [3.05, 3.63) is 23.8 Å². The van der Waals surface area contributed by atoms with Gasteiger partial charge in [0.1, 0.15) is 0 Å². The largest absolute Gasteiger partial charge is 0.466 e. The first-order valence-corrected chi connectivity index (χ1v) is 4.82. The van der Waals surface area contributed by atoms with Crippen molar-refractivity contribution in [2.75, 3.05) is 6.61 Å². The number of carbonyl (C=O) groups excluding carboxylic acids is 1. The zero-order chi connectivity index (χ0) is 9.68. The standard InChI is InChI=1S/C11H16O2/c1-3-10(11(12)13-4-2)9-7-5-6-8-9/h5,7-8,10H,3-4,6H2,1-2H3. The van der Waals surface area contributed by atoms with E-state index >= 15 is 0 Å². The normalized spacial score (nSPS) is 16.9. The Morgan fingerprint density at radius 2 is 2.38 bits per heavy atom. The molecule has 1 aliphatic rings. The Kier molecular flexibility index (Phi) is 3.74. The van der Waals surface area contributed by atoms with Crippen LogP contribution in [-0.2, 0) is 9.53 Å². The predicted molar refractivity (Wildman–Crippen MR) is 52.3 cm³/mol. The second-order valence-electron chi connectivity index (χ2n) is 3.06. The minimum absolute atomic E-state index is 0.0568. The quantitative estimate of drug-likeness (QED) is 0.621. The topological polar surface area (TPSA) is 26.3 Å². The summed E-state index contributed by atoms with van der Waals surface area (Å²) in [7, 11) is 0. The highest BCUT2D eigenvalue weighted by Gasteiger charge is 2.21. The zero-order valence-corrected chi connectivity index (χ0v) is 8.25. The van der Waals surface area contributed by atoms with E-state index in [2.05, 4.69) is 12.2 Å². The first kappa shape index (κ1) is 10.0. The average molecular weight is 180 g/mol. The van der Waals surface area contributed by atoms with Crippen LogP contribution in [0.2, 0.25) is 0 Å². The fraction of sp³-hybridized carbons (Fsp3) is 0.545. The average Bonchev–Trinajstić information content (AvgIpc) is 2.59. The van der Waals surface area contributed by atoms with Crippen LogP contribution in [0.5, 0.6) is 0 Å². The fourth-order valence-electron chi connectivity index (χ4n) is 1.52. The van der Waals surface area contributed by atoms with Crippen LogP contribution >= 0.6 is 0 Å². The van der Waals surface area contributed by atoms with Gasteiger partial charge in [0.25, 0.3) is 0 Å². The van der Waals surface area contributed by atoms with Gasteiger partial charge in [-0.15, -0.1) is 0 Å². The Labute approximate surface area is 79.3 Å². The molecule has 0 N–H and O–H groups in total. The molecule has 1 rings (SSSR count). The SMILES string of the molecule is CCOC(=O)C(CC)C1=CCC=C1. The minimum atomic E-state index is -0.0946. The van der Waals surface area contributed by atoms with Gasteiger partial charge in [0.15, 0.2) is 0 Å². The van der Waals surface area contributed by atoms with Crippen molar-refractivity contribution < 1.29 is 9.53 Å². The lowest BCUT2D eigenvalue weighted by Crippen LogP contribution is -2.18. The van der Waals surface area contributed by atoms with Gasteiger partial charge in [0.2, 0.25) is 0 Å². The van der Waals surface area contributed by atoms with Crippen molar-refractivity contribution in [1.29, 1.82) is 0 Å². The third-order valence-electron chi connectivity index (χ3n) is 2.18. The first-order valence-electron chi connectivity index (χ1n) is 4.82. The van der Waals surface area contributed by atoms with Crippen LogP contribution in [0.4, 0.5) is 0 Å². The summed E-state index contributed by atoms with van der Waals surface area (Å²) in [6.07, 6.45) is 7.94. The van der Waals surface area contributed by atoms with Crippen molar-refractivity contribution >= 4 is 5.97 Å². The summed E-state index contributed by atoms with van der Waals surface area (Å²) in [4.78, 5) is 11.5. The number of allylic oxidation sites excluding steroid dienone is 3. The molecular formula is C11H16O2. The monoisotopic (exact) mass is 180 g/mol. The summed E-state index contributed by atoms with van der Waals surface area (Å²) in [6, 6.07) is 0. The molecule has 13 heavy (non-hydrogen) atoms. The van der Waals surface area contributed by atoms with E-state index in [1.807, 2.05) is 19.9 Å². The molecule has 2 heteroatoms. The van der Waals surface area contributed by atoms with Gasteiger partial charge in [0, 0.05) is 0 Å². The van der Waals surface area contributed by atoms with Gasteiger partial charge in [-0.3, -0.25) is 4.79 Å². The molecule has 0 amide bonds. The van der Waals surface area contributed by atoms with Crippen molar-refractivity contribution in [2.45, 2.75) is 26.7 Å². The summed E-state index contributed by atoms with van der Waals surface area (Å²) in [6.45, 7) is 4.31. The Balaban J connectivity index is 2.61. The maximum Gasteiger partial charge on any atom is 0.313 e. The van der Waals surface area contributed by atoms with Gasteiger partial charge >= 0.3 is 5.97 Å². The molecule has 2 nitrogen and oxygen atoms in total. The smallest absolute Gasteiger partial charge is 0.313 e. The predicted octanol–water partition coefficient (Wildman–Crippen LogP) is 2.46. The Bertz CT molecular complexity index is 238. The molecule has 0 aromatic heterocycles. The Morgan fingerprint density at radius 1 is 1.62 bits per heavy atom. The number of hydrogen-bond donors (Lipinski definition) is 0. The Morgan fingerprint density at radius 3 is 2.85 bits per heavy atom. The van der Waals surface area contributed by atoms with Gasteiger partial charge in [-0.2, -0.15) is 0 Å². The van der Waals surface area contributed by atoms with Crippen LogP contribution in [0.15, 0.2) is 23.8 Å². The van der Waals surface area contributed by atoms with E-state index in [-0.39, 0.29) is 11.9 Å². The third-order valence-corrected chi connectivity index (χ3v) is 2.18. The molecule has 0 spiro atoms. The zero-order valence-electron chi connectivity index (χ0n) is 8.25. The molecule has 0 saturated carbocycles. The fourth-order valence-corrected chi connectivity index (χ4v) is 1.52. The van der Waals surface area contributed by atoms with Crippen molar-refractivity contribution in [1.82, 2.24) is 0 Å². The van der Waals surface area contributed by atoms with E-state index in [0.717, 1.165) is 18.4 Å². The number of ether oxygens (including phenoxy) is 1. The summed E-state index contributed by atoms with van der Waals surface area (Å²) >= 11 is 0. The van der Waals surface area contributed by atoms with Crippen molar-refractivity contribution in [3.63, 3.8) is 0 Å².